The Hall–Kier alpha value is -1.54. The van der Waals surface area contributed by atoms with Crippen molar-refractivity contribution in [2.45, 2.75) is 65.7 Å². The molecule has 1 fully saturated rings. The molecule has 208 valence electrons. The number of carbonyl (C=O) groups excluding carboxylic acids is 2. The van der Waals surface area contributed by atoms with Gasteiger partial charge in [-0.15, -0.1) is 6.58 Å². The molecule has 1 rings (SSSR count). The Morgan fingerprint density at radius 2 is 1.19 bits per heavy atom. The van der Waals surface area contributed by atoms with Crippen molar-refractivity contribution >= 4 is 11.7 Å². The standard InChI is InChI=1S/C29H55N5O2/c1-6-8-9-10-11-12-13-14-30-29(36)26-34-22-20-32(24-27(3)4)18-16-31(15-7-2)17-19-33(21-23-34)25-28(5)35/h7H,2-3,6,8-26H2,1,4-5H3,(H,30,36). The van der Waals surface area contributed by atoms with Gasteiger partial charge in [-0.3, -0.25) is 29.2 Å². The maximum atomic E-state index is 12.7. The van der Waals surface area contributed by atoms with Gasteiger partial charge < -0.3 is 5.32 Å². The van der Waals surface area contributed by atoms with E-state index in [1.807, 2.05) is 6.08 Å². The highest BCUT2D eigenvalue weighted by atomic mass is 16.2. The fourth-order valence-corrected chi connectivity index (χ4v) is 4.68. The molecule has 0 aromatic heterocycles. The number of amides is 1. The summed E-state index contributed by atoms with van der Waals surface area (Å²) in [5, 5.41) is 3.13. The molecule has 1 saturated heterocycles. The largest absolute Gasteiger partial charge is 0.355 e. The van der Waals surface area contributed by atoms with Gasteiger partial charge in [0, 0.05) is 72.0 Å². The summed E-state index contributed by atoms with van der Waals surface area (Å²) in [4.78, 5) is 33.9. The first-order chi connectivity index (χ1) is 17.3. The minimum absolute atomic E-state index is 0.106. The van der Waals surface area contributed by atoms with Crippen LogP contribution in [0.3, 0.4) is 0 Å². The molecular formula is C29H55N5O2. The zero-order valence-electron chi connectivity index (χ0n) is 23.7. The Labute approximate surface area is 221 Å². The highest BCUT2D eigenvalue weighted by Crippen LogP contribution is 2.06. The van der Waals surface area contributed by atoms with Crippen molar-refractivity contribution in [2.24, 2.45) is 0 Å². The van der Waals surface area contributed by atoms with Crippen LogP contribution in [0.1, 0.15) is 65.7 Å². The number of carbonyl (C=O) groups is 2. The lowest BCUT2D eigenvalue weighted by atomic mass is 10.1. The van der Waals surface area contributed by atoms with E-state index in [4.69, 9.17) is 0 Å². The Balaban J connectivity index is 2.66. The van der Waals surface area contributed by atoms with Gasteiger partial charge in [0.1, 0.15) is 5.78 Å². The zero-order chi connectivity index (χ0) is 26.6. The number of ketones is 1. The molecule has 0 saturated carbocycles. The molecule has 0 unspecified atom stereocenters. The summed E-state index contributed by atoms with van der Waals surface area (Å²) in [6.07, 6.45) is 10.7. The molecule has 0 aliphatic carbocycles. The molecule has 0 aromatic rings. The molecule has 0 radical (unpaired) electrons. The van der Waals surface area contributed by atoms with Crippen LogP contribution in [0, 0.1) is 0 Å². The normalized spacial score (nSPS) is 17.8. The second kappa shape index (κ2) is 20.5. The van der Waals surface area contributed by atoms with E-state index in [2.05, 4.69) is 51.9 Å². The lowest BCUT2D eigenvalue weighted by Crippen LogP contribution is -2.48. The first-order valence-corrected chi connectivity index (χ1v) is 14.2. The predicted molar refractivity (Wildman–Crippen MR) is 152 cm³/mol. The van der Waals surface area contributed by atoms with E-state index in [1.54, 1.807) is 6.92 Å². The number of unbranched alkanes of at least 4 members (excludes halogenated alkanes) is 6. The summed E-state index contributed by atoms with van der Waals surface area (Å²) in [6.45, 7) is 24.3. The molecule has 1 heterocycles. The molecule has 0 spiro atoms. The first-order valence-electron chi connectivity index (χ1n) is 14.2. The Kier molecular flexibility index (Phi) is 18.5. The van der Waals surface area contributed by atoms with Crippen LogP contribution in [-0.4, -0.2) is 116 Å². The maximum absolute atomic E-state index is 12.7. The van der Waals surface area contributed by atoms with Gasteiger partial charge in [-0.05, 0) is 20.3 Å². The quantitative estimate of drug-likeness (QED) is 0.256. The number of nitrogens with zero attached hydrogens (tertiary/aromatic N) is 4. The van der Waals surface area contributed by atoms with Crippen molar-refractivity contribution in [3.63, 3.8) is 0 Å². The van der Waals surface area contributed by atoms with Crippen molar-refractivity contribution in [2.75, 3.05) is 85.1 Å². The lowest BCUT2D eigenvalue weighted by Gasteiger charge is -2.33. The van der Waals surface area contributed by atoms with E-state index in [-0.39, 0.29) is 11.7 Å². The van der Waals surface area contributed by atoms with Crippen LogP contribution < -0.4 is 5.32 Å². The van der Waals surface area contributed by atoms with E-state index in [1.165, 1.54) is 38.5 Å². The van der Waals surface area contributed by atoms with E-state index in [0.717, 1.165) is 84.0 Å². The van der Waals surface area contributed by atoms with Crippen molar-refractivity contribution in [3.8, 4) is 0 Å². The molecule has 1 aliphatic rings. The van der Waals surface area contributed by atoms with Crippen molar-refractivity contribution in [1.82, 2.24) is 24.9 Å². The topological polar surface area (TPSA) is 59.1 Å². The van der Waals surface area contributed by atoms with Gasteiger partial charge in [-0.25, -0.2) is 0 Å². The molecule has 1 aliphatic heterocycles. The zero-order valence-corrected chi connectivity index (χ0v) is 23.7. The van der Waals surface area contributed by atoms with Gasteiger partial charge in [-0.2, -0.15) is 0 Å². The maximum Gasteiger partial charge on any atom is 0.234 e. The van der Waals surface area contributed by atoms with Crippen molar-refractivity contribution < 1.29 is 9.59 Å². The van der Waals surface area contributed by atoms with Gasteiger partial charge in [0.25, 0.3) is 0 Å². The highest BCUT2D eigenvalue weighted by molar-refractivity contribution is 5.78. The molecule has 1 amide bonds. The van der Waals surface area contributed by atoms with E-state index in [0.29, 0.717) is 13.1 Å². The summed E-state index contributed by atoms with van der Waals surface area (Å²) in [5.41, 5.74) is 1.16. The first kappa shape index (κ1) is 32.5. The average Bonchev–Trinajstić information content (AvgIpc) is 2.81. The third-order valence-electron chi connectivity index (χ3n) is 6.73. The van der Waals surface area contributed by atoms with Crippen LogP contribution >= 0.6 is 0 Å². The summed E-state index contributed by atoms with van der Waals surface area (Å²) in [7, 11) is 0. The molecule has 7 heteroatoms. The molecule has 0 aromatic carbocycles. The fraction of sp³-hybridized carbons (Fsp3) is 0.793. The number of hydrogen-bond donors (Lipinski definition) is 1. The smallest absolute Gasteiger partial charge is 0.234 e. The van der Waals surface area contributed by atoms with Gasteiger partial charge in [-0.1, -0.05) is 63.7 Å². The minimum Gasteiger partial charge on any atom is -0.355 e. The minimum atomic E-state index is 0.106. The average molecular weight is 506 g/mol. The summed E-state index contributed by atoms with van der Waals surface area (Å²) in [5.74, 6) is 0.291. The van der Waals surface area contributed by atoms with Gasteiger partial charge in [0.15, 0.2) is 0 Å². The second-order valence-corrected chi connectivity index (χ2v) is 10.5. The van der Waals surface area contributed by atoms with Crippen molar-refractivity contribution in [3.05, 3.63) is 24.8 Å². The summed E-state index contributed by atoms with van der Waals surface area (Å²) < 4.78 is 0. The third-order valence-corrected chi connectivity index (χ3v) is 6.73. The number of Topliss-reactive ketones (excluding diaryl/α,β-unsaturated/α-hetero) is 1. The molecule has 7 nitrogen and oxygen atoms in total. The molecule has 0 bridgehead atoms. The number of nitrogens with one attached hydrogen (secondary N) is 1. The summed E-state index contributed by atoms with van der Waals surface area (Å²) in [6, 6.07) is 0. The summed E-state index contributed by atoms with van der Waals surface area (Å²) >= 11 is 0. The van der Waals surface area contributed by atoms with Gasteiger partial charge in [0.2, 0.25) is 5.91 Å². The molecular weight excluding hydrogens is 450 g/mol. The van der Waals surface area contributed by atoms with E-state index in [9.17, 15) is 9.59 Å². The van der Waals surface area contributed by atoms with Crippen LogP contribution in [-0.2, 0) is 9.59 Å². The van der Waals surface area contributed by atoms with Crippen LogP contribution in [0.4, 0.5) is 0 Å². The monoisotopic (exact) mass is 505 g/mol. The van der Waals surface area contributed by atoms with Crippen LogP contribution in [0.2, 0.25) is 0 Å². The SMILES string of the molecule is C=CCN1CCN(CC(=C)C)CCN(CC(=O)NCCCCCCCCC)CCN(CC(C)=O)CC1. The fourth-order valence-electron chi connectivity index (χ4n) is 4.68. The molecule has 36 heavy (non-hydrogen) atoms. The highest BCUT2D eigenvalue weighted by Gasteiger charge is 2.18. The molecule has 0 atom stereocenters. The van der Waals surface area contributed by atoms with Crippen LogP contribution in [0.25, 0.3) is 0 Å². The van der Waals surface area contributed by atoms with Crippen LogP contribution in [0.15, 0.2) is 24.8 Å². The molecule has 1 N–H and O–H groups in total. The predicted octanol–water partition coefficient (Wildman–Crippen LogP) is 3.43. The van der Waals surface area contributed by atoms with E-state index >= 15 is 0 Å². The Morgan fingerprint density at radius 3 is 1.69 bits per heavy atom. The number of rotatable bonds is 16. The number of hydrogen-bond acceptors (Lipinski definition) is 6. The second-order valence-electron chi connectivity index (χ2n) is 10.5. The van der Waals surface area contributed by atoms with Crippen molar-refractivity contribution in [1.29, 1.82) is 0 Å². The van der Waals surface area contributed by atoms with Crippen LogP contribution in [0.5, 0.6) is 0 Å². The van der Waals surface area contributed by atoms with E-state index < -0.39 is 0 Å². The van der Waals surface area contributed by atoms with Gasteiger partial charge in [0.05, 0.1) is 13.1 Å². The Morgan fingerprint density at radius 1 is 0.722 bits per heavy atom. The third kappa shape index (κ3) is 17.0. The lowest BCUT2D eigenvalue weighted by molar-refractivity contribution is -0.122. The van der Waals surface area contributed by atoms with Gasteiger partial charge >= 0.3 is 0 Å². The Bertz CT molecular complexity index is 607.